The number of nitriles is 1. The molecule has 0 atom stereocenters. The van der Waals surface area contributed by atoms with E-state index in [0.717, 1.165) is 16.9 Å². The molecule has 0 bridgehead atoms. The Morgan fingerprint density at radius 3 is 2.47 bits per heavy atom. The van der Waals surface area contributed by atoms with Crippen molar-refractivity contribution in [3.05, 3.63) is 54.1 Å². The molecule has 0 unspecified atom stereocenters. The third-order valence-corrected chi connectivity index (χ3v) is 2.37. The van der Waals surface area contributed by atoms with Crippen LogP contribution in [-0.4, -0.2) is 5.11 Å². The molecule has 0 aromatic heterocycles. The number of aromatic hydroxyl groups is 1. The minimum absolute atomic E-state index is 0.233. The number of hydrogen-bond donors (Lipinski definition) is 2. The zero-order chi connectivity index (χ0) is 12.1. The molecule has 84 valence electrons. The summed E-state index contributed by atoms with van der Waals surface area (Å²) < 4.78 is 0. The van der Waals surface area contributed by atoms with E-state index in [0.29, 0.717) is 6.42 Å². The molecule has 2 N–H and O–H groups in total. The molecule has 0 heterocycles. The lowest BCUT2D eigenvalue weighted by molar-refractivity contribution is 0.475. The van der Waals surface area contributed by atoms with Crippen LogP contribution in [-0.2, 0) is 6.42 Å². The van der Waals surface area contributed by atoms with E-state index < -0.39 is 0 Å². The van der Waals surface area contributed by atoms with Gasteiger partial charge in [0.1, 0.15) is 5.75 Å². The second-order valence-corrected chi connectivity index (χ2v) is 3.71. The predicted molar refractivity (Wildman–Crippen MR) is 67.1 cm³/mol. The van der Waals surface area contributed by atoms with Gasteiger partial charge < -0.3 is 10.4 Å². The van der Waals surface area contributed by atoms with Crippen molar-refractivity contribution in [2.24, 2.45) is 0 Å². The van der Waals surface area contributed by atoms with Gasteiger partial charge in [0.25, 0.3) is 0 Å². The highest BCUT2D eigenvalue weighted by Crippen LogP contribution is 2.20. The molecule has 3 nitrogen and oxygen atoms in total. The summed E-state index contributed by atoms with van der Waals surface area (Å²) in [7, 11) is 0. The van der Waals surface area contributed by atoms with Crippen molar-refractivity contribution < 1.29 is 5.11 Å². The SMILES string of the molecule is N#CCc1ccc(Nc2cccc(O)c2)cc1. The zero-order valence-corrected chi connectivity index (χ0v) is 9.22. The van der Waals surface area contributed by atoms with Crippen molar-refractivity contribution in [1.29, 1.82) is 5.26 Å². The largest absolute Gasteiger partial charge is 0.508 e. The average Bonchev–Trinajstić information content (AvgIpc) is 2.32. The molecule has 0 aliphatic rings. The fraction of sp³-hybridized carbons (Fsp3) is 0.0714. The van der Waals surface area contributed by atoms with E-state index in [9.17, 15) is 5.11 Å². The molecule has 0 amide bonds. The Hall–Kier alpha value is -2.47. The molecular weight excluding hydrogens is 212 g/mol. The summed E-state index contributed by atoms with van der Waals surface area (Å²) in [6.45, 7) is 0. The predicted octanol–water partition coefficient (Wildman–Crippen LogP) is 3.20. The second-order valence-electron chi connectivity index (χ2n) is 3.71. The smallest absolute Gasteiger partial charge is 0.117 e. The number of rotatable bonds is 3. The summed E-state index contributed by atoms with van der Waals surface area (Å²) in [6.07, 6.45) is 0.423. The molecule has 0 fully saturated rings. The molecule has 2 aromatic carbocycles. The summed E-state index contributed by atoms with van der Waals surface area (Å²) in [6, 6.07) is 16.7. The molecule has 0 aliphatic heterocycles. The van der Waals surface area contributed by atoms with Crippen molar-refractivity contribution in [2.45, 2.75) is 6.42 Å². The zero-order valence-electron chi connectivity index (χ0n) is 9.22. The summed E-state index contributed by atoms with van der Waals surface area (Å²) >= 11 is 0. The number of nitrogens with one attached hydrogen (secondary N) is 1. The highest BCUT2D eigenvalue weighted by molar-refractivity contribution is 5.61. The topological polar surface area (TPSA) is 56.0 Å². The molecule has 0 saturated carbocycles. The number of nitrogens with zero attached hydrogens (tertiary/aromatic N) is 1. The van der Waals surface area contributed by atoms with E-state index in [-0.39, 0.29) is 5.75 Å². The van der Waals surface area contributed by atoms with Crippen molar-refractivity contribution in [3.63, 3.8) is 0 Å². The summed E-state index contributed by atoms with van der Waals surface area (Å²) in [5.74, 6) is 0.233. The van der Waals surface area contributed by atoms with Crippen LogP contribution in [0.25, 0.3) is 0 Å². The van der Waals surface area contributed by atoms with Crippen LogP contribution in [0.5, 0.6) is 5.75 Å². The lowest BCUT2D eigenvalue weighted by Crippen LogP contribution is -1.90. The minimum atomic E-state index is 0.233. The second kappa shape index (κ2) is 5.04. The highest BCUT2D eigenvalue weighted by atomic mass is 16.3. The summed E-state index contributed by atoms with van der Waals surface area (Å²) in [5, 5.41) is 21.1. The average molecular weight is 224 g/mol. The first-order chi connectivity index (χ1) is 8.28. The van der Waals surface area contributed by atoms with Gasteiger partial charge in [-0.1, -0.05) is 18.2 Å². The van der Waals surface area contributed by atoms with Gasteiger partial charge in [-0.2, -0.15) is 5.26 Å². The third kappa shape index (κ3) is 2.99. The van der Waals surface area contributed by atoms with Gasteiger partial charge in [-0.05, 0) is 29.8 Å². The van der Waals surface area contributed by atoms with Crippen molar-refractivity contribution in [2.75, 3.05) is 5.32 Å². The Labute approximate surface area is 100.0 Å². The highest BCUT2D eigenvalue weighted by Gasteiger charge is 1.96. The number of benzene rings is 2. The van der Waals surface area contributed by atoms with Gasteiger partial charge in [0.15, 0.2) is 0 Å². The quantitative estimate of drug-likeness (QED) is 0.841. The molecule has 0 spiro atoms. The lowest BCUT2D eigenvalue weighted by atomic mass is 10.1. The van der Waals surface area contributed by atoms with Crippen molar-refractivity contribution >= 4 is 11.4 Å². The first kappa shape index (κ1) is 11.0. The van der Waals surface area contributed by atoms with E-state index >= 15 is 0 Å². The van der Waals surface area contributed by atoms with E-state index in [1.54, 1.807) is 18.2 Å². The number of phenolic OH excluding ortho intramolecular Hbond substituents is 1. The maximum absolute atomic E-state index is 9.33. The first-order valence-electron chi connectivity index (χ1n) is 5.30. The normalized spacial score (nSPS) is 9.59. The fourth-order valence-corrected chi connectivity index (χ4v) is 1.55. The molecule has 0 radical (unpaired) electrons. The molecule has 0 aliphatic carbocycles. The van der Waals surface area contributed by atoms with Crippen LogP contribution in [0, 0.1) is 11.3 Å². The number of anilines is 2. The van der Waals surface area contributed by atoms with Crippen LogP contribution in [0.3, 0.4) is 0 Å². The van der Waals surface area contributed by atoms with Crippen LogP contribution in [0.1, 0.15) is 5.56 Å². The fourth-order valence-electron chi connectivity index (χ4n) is 1.55. The monoisotopic (exact) mass is 224 g/mol. The maximum atomic E-state index is 9.33. The Bertz CT molecular complexity index is 541. The van der Waals surface area contributed by atoms with Gasteiger partial charge in [-0.3, -0.25) is 0 Å². The molecule has 17 heavy (non-hydrogen) atoms. The van der Waals surface area contributed by atoms with Crippen molar-refractivity contribution in [3.8, 4) is 11.8 Å². The number of hydrogen-bond acceptors (Lipinski definition) is 3. The summed E-state index contributed by atoms with van der Waals surface area (Å²) in [4.78, 5) is 0. The minimum Gasteiger partial charge on any atom is -0.508 e. The van der Waals surface area contributed by atoms with Gasteiger partial charge >= 0.3 is 0 Å². The Kier molecular flexibility index (Phi) is 3.27. The van der Waals surface area contributed by atoms with Gasteiger partial charge in [-0.25, -0.2) is 0 Å². The molecular formula is C14H12N2O. The van der Waals surface area contributed by atoms with Crippen LogP contribution < -0.4 is 5.32 Å². The molecule has 2 aromatic rings. The van der Waals surface area contributed by atoms with Crippen LogP contribution >= 0.6 is 0 Å². The van der Waals surface area contributed by atoms with Crippen molar-refractivity contribution in [1.82, 2.24) is 0 Å². The maximum Gasteiger partial charge on any atom is 0.117 e. The Morgan fingerprint density at radius 2 is 1.82 bits per heavy atom. The van der Waals surface area contributed by atoms with Gasteiger partial charge in [-0.15, -0.1) is 0 Å². The first-order valence-corrected chi connectivity index (χ1v) is 5.30. The Balaban J connectivity index is 2.11. The van der Waals surface area contributed by atoms with Gasteiger partial charge in [0.05, 0.1) is 12.5 Å². The van der Waals surface area contributed by atoms with E-state index in [4.69, 9.17) is 5.26 Å². The Morgan fingerprint density at radius 1 is 1.06 bits per heavy atom. The molecule has 3 heteroatoms. The van der Waals surface area contributed by atoms with Crippen LogP contribution in [0.15, 0.2) is 48.5 Å². The van der Waals surface area contributed by atoms with Crippen LogP contribution in [0.2, 0.25) is 0 Å². The van der Waals surface area contributed by atoms with E-state index in [2.05, 4.69) is 11.4 Å². The standard InChI is InChI=1S/C14H12N2O/c15-9-8-11-4-6-12(7-5-11)16-13-2-1-3-14(17)10-13/h1-7,10,16-17H,8H2. The third-order valence-electron chi connectivity index (χ3n) is 2.37. The molecule has 2 rings (SSSR count). The number of phenols is 1. The van der Waals surface area contributed by atoms with E-state index in [1.807, 2.05) is 30.3 Å². The molecule has 0 saturated heterocycles. The summed E-state index contributed by atoms with van der Waals surface area (Å²) in [5.41, 5.74) is 2.75. The lowest BCUT2D eigenvalue weighted by Gasteiger charge is -2.07. The van der Waals surface area contributed by atoms with E-state index in [1.165, 1.54) is 0 Å². The van der Waals surface area contributed by atoms with Gasteiger partial charge in [0, 0.05) is 17.4 Å². The van der Waals surface area contributed by atoms with Gasteiger partial charge in [0.2, 0.25) is 0 Å². The van der Waals surface area contributed by atoms with Crippen LogP contribution in [0.4, 0.5) is 11.4 Å².